The molecule has 88 valence electrons. The van der Waals surface area contributed by atoms with Crippen LogP contribution in [0.1, 0.15) is 25.5 Å². The topological polar surface area (TPSA) is 55.8 Å². The van der Waals surface area contributed by atoms with Crippen LogP contribution >= 0.6 is 0 Å². The van der Waals surface area contributed by atoms with Crippen LogP contribution in [0.25, 0.3) is 0 Å². The molecule has 0 heterocycles. The zero-order valence-corrected chi connectivity index (χ0v) is 9.64. The van der Waals surface area contributed by atoms with Crippen molar-refractivity contribution in [3.8, 4) is 11.5 Å². The van der Waals surface area contributed by atoms with Crippen molar-refractivity contribution < 1.29 is 19.4 Å². The fraction of sp³-hybridized carbons (Fsp3) is 0.417. The van der Waals surface area contributed by atoms with Gasteiger partial charge in [0.25, 0.3) is 0 Å². The van der Waals surface area contributed by atoms with Crippen LogP contribution in [0.15, 0.2) is 18.2 Å². The zero-order valence-electron chi connectivity index (χ0n) is 9.64. The highest BCUT2D eigenvalue weighted by molar-refractivity contribution is 5.55. The molecule has 1 N–H and O–H groups in total. The molecule has 0 aliphatic carbocycles. The monoisotopic (exact) mass is 224 g/mol. The first-order valence-electron chi connectivity index (χ1n) is 5.06. The van der Waals surface area contributed by atoms with Gasteiger partial charge in [-0.05, 0) is 19.9 Å². The molecule has 0 unspecified atom stereocenters. The van der Waals surface area contributed by atoms with E-state index in [9.17, 15) is 9.90 Å². The quantitative estimate of drug-likeness (QED) is 0.778. The number of rotatable bonds is 5. The highest BCUT2D eigenvalue weighted by Crippen LogP contribution is 2.35. The summed E-state index contributed by atoms with van der Waals surface area (Å²) in [5.41, 5.74) is 0.719. The van der Waals surface area contributed by atoms with Gasteiger partial charge in [-0.1, -0.05) is 12.1 Å². The predicted molar refractivity (Wildman–Crippen MR) is 59.7 cm³/mol. The van der Waals surface area contributed by atoms with Crippen molar-refractivity contribution in [2.45, 2.75) is 26.1 Å². The lowest BCUT2D eigenvalue weighted by Gasteiger charge is -2.18. The maximum atomic E-state index is 10.5. The SMILES string of the molecule is COc1c(O)cccc1[C@H](C)O[C@@H](C)C=O. The van der Waals surface area contributed by atoms with E-state index in [4.69, 9.17) is 9.47 Å². The zero-order chi connectivity index (χ0) is 12.1. The fourth-order valence-electron chi connectivity index (χ4n) is 1.51. The predicted octanol–water partition coefficient (Wildman–Crippen LogP) is 2.07. The minimum absolute atomic E-state index is 0.0641. The van der Waals surface area contributed by atoms with Gasteiger partial charge < -0.3 is 19.4 Å². The molecule has 0 bridgehead atoms. The highest BCUT2D eigenvalue weighted by atomic mass is 16.5. The first kappa shape index (κ1) is 12.5. The molecular weight excluding hydrogens is 208 g/mol. The van der Waals surface area contributed by atoms with Gasteiger partial charge in [-0.25, -0.2) is 0 Å². The van der Waals surface area contributed by atoms with Crippen molar-refractivity contribution in [2.24, 2.45) is 0 Å². The Bertz CT molecular complexity index is 362. The Morgan fingerprint density at radius 2 is 2.06 bits per heavy atom. The van der Waals surface area contributed by atoms with E-state index in [0.717, 1.165) is 11.8 Å². The van der Waals surface area contributed by atoms with Gasteiger partial charge in [-0.15, -0.1) is 0 Å². The van der Waals surface area contributed by atoms with E-state index in [-0.39, 0.29) is 11.9 Å². The van der Waals surface area contributed by atoms with Crippen molar-refractivity contribution in [3.63, 3.8) is 0 Å². The first-order chi connectivity index (χ1) is 7.60. The summed E-state index contributed by atoms with van der Waals surface area (Å²) < 4.78 is 10.5. The number of methoxy groups -OCH3 is 1. The summed E-state index contributed by atoms with van der Waals surface area (Å²) in [6, 6.07) is 5.04. The molecule has 0 aliphatic heterocycles. The van der Waals surface area contributed by atoms with Crippen LogP contribution in [0.3, 0.4) is 0 Å². The summed E-state index contributed by atoms with van der Waals surface area (Å²) in [5, 5.41) is 9.58. The van der Waals surface area contributed by atoms with E-state index in [1.54, 1.807) is 26.0 Å². The summed E-state index contributed by atoms with van der Waals surface area (Å²) in [4.78, 5) is 10.5. The number of aromatic hydroxyl groups is 1. The van der Waals surface area contributed by atoms with Crippen LogP contribution in [-0.2, 0) is 9.53 Å². The van der Waals surface area contributed by atoms with E-state index in [1.165, 1.54) is 13.2 Å². The van der Waals surface area contributed by atoms with E-state index in [1.807, 2.05) is 0 Å². The number of para-hydroxylation sites is 1. The average molecular weight is 224 g/mol. The number of benzene rings is 1. The standard InChI is InChI=1S/C12H16O4/c1-8(7-13)16-9(2)10-5-4-6-11(14)12(10)15-3/h4-9,14H,1-3H3/t8-,9-/m0/s1. The Morgan fingerprint density at radius 1 is 1.38 bits per heavy atom. The number of carbonyl (C=O) groups is 1. The second-order valence-electron chi connectivity index (χ2n) is 3.52. The van der Waals surface area contributed by atoms with Crippen molar-refractivity contribution in [3.05, 3.63) is 23.8 Å². The molecule has 0 amide bonds. The van der Waals surface area contributed by atoms with Crippen LogP contribution in [0.2, 0.25) is 0 Å². The van der Waals surface area contributed by atoms with E-state index in [2.05, 4.69) is 0 Å². The Balaban J connectivity index is 2.94. The molecule has 0 fully saturated rings. The molecule has 4 nitrogen and oxygen atoms in total. The molecule has 1 aromatic rings. The van der Waals surface area contributed by atoms with E-state index in [0.29, 0.717) is 5.75 Å². The van der Waals surface area contributed by atoms with Crippen molar-refractivity contribution in [1.82, 2.24) is 0 Å². The van der Waals surface area contributed by atoms with Gasteiger partial charge >= 0.3 is 0 Å². The maximum absolute atomic E-state index is 10.5. The van der Waals surface area contributed by atoms with Gasteiger partial charge in [0.1, 0.15) is 12.4 Å². The Morgan fingerprint density at radius 3 is 2.62 bits per heavy atom. The summed E-state index contributed by atoms with van der Waals surface area (Å²) in [6.07, 6.45) is -0.0736. The molecule has 0 spiro atoms. The molecule has 2 atom stereocenters. The molecule has 0 aromatic heterocycles. The third-order valence-electron chi connectivity index (χ3n) is 2.28. The minimum atomic E-state index is -0.484. The fourth-order valence-corrected chi connectivity index (χ4v) is 1.51. The van der Waals surface area contributed by atoms with Crippen LogP contribution < -0.4 is 4.74 Å². The summed E-state index contributed by atoms with van der Waals surface area (Å²) >= 11 is 0. The smallest absolute Gasteiger partial charge is 0.166 e. The molecule has 0 radical (unpaired) electrons. The number of hydrogen-bond acceptors (Lipinski definition) is 4. The first-order valence-corrected chi connectivity index (χ1v) is 5.06. The van der Waals surface area contributed by atoms with Gasteiger partial charge in [-0.2, -0.15) is 0 Å². The molecule has 0 aliphatic rings. The number of aldehydes is 1. The largest absolute Gasteiger partial charge is 0.504 e. The number of phenols is 1. The third kappa shape index (κ3) is 2.73. The van der Waals surface area contributed by atoms with E-state index >= 15 is 0 Å². The normalized spacial score (nSPS) is 14.2. The van der Waals surface area contributed by atoms with Crippen LogP contribution in [-0.4, -0.2) is 24.6 Å². The van der Waals surface area contributed by atoms with Gasteiger partial charge in [0.05, 0.1) is 13.2 Å². The molecule has 4 heteroatoms. The van der Waals surface area contributed by atoms with Gasteiger partial charge in [0, 0.05) is 5.56 Å². The van der Waals surface area contributed by atoms with Crippen LogP contribution in [0.5, 0.6) is 11.5 Å². The third-order valence-corrected chi connectivity index (χ3v) is 2.28. The second kappa shape index (κ2) is 5.51. The average Bonchev–Trinajstić information content (AvgIpc) is 2.28. The number of phenolic OH excluding ortho intramolecular Hbond substituents is 1. The number of ether oxygens (including phenoxy) is 2. The minimum Gasteiger partial charge on any atom is -0.504 e. The van der Waals surface area contributed by atoms with Crippen molar-refractivity contribution in [1.29, 1.82) is 0 Å². The highest BCUT2D eigenvalue weighted by Gasteiger charge is 2.16. The van der Waals surface area contributed by atoms with Crippen molar-refractivity contribution >= 4 is 6.29 Å². The summed E-state index contributed by atoms with van der Waals surface area (Å²) in [6.45, 7) is 3.47. The lowest BCUT2D eigenvalue weighted by molar-refractivity contribution is -0.120. The number of hydrogen-bond donors (Lipinski definition) is 1. The summed E-state index contributed by atoms with van der Waals surface area (Å²) in [7, 11) is 1.48. The molecule has 0 saturated heterocycles. The van der Waals surface area contributed by atoms with Crippen molar-refractivity contribution in [2.75, 3.05) is 7.11 Å². The second-order valence-corrected chi connectivity index (χ2v) is 3.52. The molecule has 16 heavy (non-hydrogen) atoms. The molecule has 1 aromatic carbocycles. The lowest BCUT2D eigenvalue weighted by Crippen LogP contribution is -2.13. The maximum Gasteiger partial charge on any atom is 0.166 e. The van der Waals surface area contributed by atoms with Gasteiger partial charge in [-0.3, -0.25) is 0 Å². The Labute approximate surface area is 94.8 Å². The molecular formula is C12H16O4. The molecule has 0 saturated carbocycles. The number of carbonyl (C=O) groups excluding carboxylic acids is 1. The Hall–Kier alpha value is -1.55. The van der Waals surface area contributed by atoms with Crippen LogP contribution in [0, 0.1) is 0 Å². The molecule has 1 rings (SSSR count). The Kier molecular flexibility index (Phi) is 4.31. The van der Waals surface area contributed by atoms with Gasteiger partial charge in [0.15, 0.2) is 11.5 Å². The summed E-state index contributed by atoms with van der Waals surface area (Å²) in [5.74, 6) is 0.447. The lowest BCUT2D eigenvalue weighted by atomic mass is 10.1. The van der Waals surface area contributed by atoms with E-state index < -0.39 is 6.10 Å². The van der Waals surface area contributed by atoms with Gasteiger partial charge in [0.2, 0.25) is 0 Å². The van der Waals surface area contributed by atoms with Crippen LogP contribution in [0.4, 0.5) is 0 Å².